The molecule has 0 aliphatic carbocycles. The molecule has 0 fully saturated rings. The van der Waals surface area contributed by atoms with Crippen molar-refractivity contribution in [2.45, 2.75) is 0 Å². The highest BCUT2D eigenvalue weighted by molar-refractivity contribution is 6.04. The van der Waals surface area contributed by atoms with Gasteiger partial charge in [0.25, 0.3) is 11.8 Å². The summed E-state index contributed by atoms with van der Waals surface area (Å²) in [5.41, 5.74) is 0.00647. The van der Waals surface area contributed by atoms with Crippen LogP contribution in [0.3, 0.4) is 0 Å². The van der Waals surface area contributed by atoms with Gasteiger partial charge in [-0.05, 0) is 24.3 Å². The predicted molar refractivity (Wildman–Crippen MR) is 76.8 cm³/mol. The summed E-state index contributed by atoms with van der Waals surface area (Å²) in [6.45, 7) is 0.361. The van der Waals surface area contributed by atoms with Gasteiger partial charge in [0, 0.05) is 13.1 Å². The molecule has 1 heterocycles. The van der Waals surface area contributed by atoms with Gasteiger partial charge >= 0.3 is 5.97 Å². The molecule has 7 nitrogen and oxygen atoms in total. The second-order valence-corrected chi connectivity index (χ2v) is 4.34. The fourth-order valence-electron chi connectivity index (χ4n) is 1.81. The van der Waals surface area contributed by atoms with Crippen LogP contribution in [0.1, 0.15) is 31.3 Å². The molecule has 2 aromatic rings. The van der Waals surface area contributed by atoms with E-state index in [0.29, 0.717) is 0 Å². The van der Waals surface area contributed by atoms with Crippen molar-refractivity contribution in [1.82, 2.24) is 10.6 Å². The number of furan rings is 1. The molecule has 2 amide bonds. The monoisotopic (exact) mass is 302 g/mol. The Morgan fingerprint density at radius 3 is 2.14 bits per heavy atom. The van der Waals surface area contributed by atoms with Gasteiger partial charge in [-0.25, -0.2) is 4.79 Å². The second-order valence-electron chi connectivity index (χ2n) is 4.34. The number of carbonyl (C=O) groups excluding carboxylic acids is 2. The van der Waals surface area contributed by atoms with E-state index in [0.717, 1.165) is 0 Å². The summed E-state index contributed by atoms with van der Waals surface area (Å²) in [6, 6.07) is 9.04. The van der Waals surface area contributed by atoms with Crippen molar-refractivity contribution in [3.05, 3.63) is 59.5 Å². The molecule has 0 saturated carbocycles. The van der Waals surface area contributed by atoms with Crippen LogP contribution in [0, 0.1) is 0 Å². The Kier molecular flexibility index (Phi) is 4.92. The molecule has 0 aliphatic rings. The van der Waals surface area contributed by atoms with E-state index >= 15 is 0 Å². The summed E-state index contributed by atoms with van der Waals surface area (Å²) in [6.07, 6.45) is 1.39. The first kappa shape index (κ1) is 15.3. The van der Waals surface area contributed by atoms with Crippen LogP contribution in [-0.4, -0.2) is 36.0 Å². The van der Waals surface area contributed by atoms with Gasteiger partial charge in [-0.3, -0.25) is 9.59 Å². The van der Waals surface area contributed by atoms with Gasteiger partial charge in [-0.15, -0.1) is 0 Å². The molecule has 0 spiro atoms. The maximum absolute atomic E-state index is 11.9. The molecule has 0 bridgehead atoms. The van der Waals surface area contributed by atoms with E-state index in [1.54, 1.807) is 18.2 Å². The predicted octanol–water partition coefficient (Wildman–Crippen LogP) is 1.14. The summed E-state index contributed by atoms with van der Waals surface area (Å²) in [5, 5.41) is 14.1. The number of hydrogen-bond donors (Lipinski definition) is 3. The third-order valence-corrected chi connectivity index (χ3v) is 2.84. The molecule has 0 saturated heterocycles. The minimum Gasteiger partial charge on any atom is -0.478 e. The van der Waals surface area contributed by atoms with Crippen LogP contribution in [-0.2, 0) is 0 Å². The normalized spacial score (nSPS) is 10.0. The summed E-state index contributed by atoms with van der Waals surface area (Å²) in [7, 11) is 0. The van der Waals surface area contributed by atoms with E-state index < -0.39 is 11.9 Å². The van der Waals surface area contributed by atoms with Crippen LogP contribution >= 0.6 is 0 Å². The third kappa shape index (κ3) is 3.72. The van der Waals surface area contributed by atoms with Crippen LogP contribution in [0.15, 0.2) is 47.1 Å². The number of nitrogens with one attached hydrogen (secondary N) is 2. The van der Waals surface area contributed by atoms with Crippen LogP contribution in [0.4, 0.5) is 0 Å². The van der Waals surface area contributed by atoms with Gasteiger partial charge in [-0.2, -0.15) is 0 Å². The smallest absolute Gasteiger partial charge is 0.336 e. The topological polar surface area (TPSA) is 109 Å². The van der Waals surface area contributed by atoms with Gasteiger partial charge in [0.05, 0.1) is 17.4 Å². The number of carboxylic acids is 1. The molecular weight excluding hydrogens is 288 g/mol. The van der Waals surface area contributed by atoms with E-state index in [-0.39, 0.29) is 35.9 Å². The van der Waals surface area contributed by atoms with Crippen LogP contribution in [0.2, 0.25) is 0 Å². The van der Waals surface area contributed by atoms with E-state index in [4.69, 9.17) is 9.52 Å². The number of carboxylic acid groups (broad SMARTS) is 1. The van der Waals surface area contributed by atoms with Crippen LogP contribution in [0.5, 0.6) is 0 Å². The Hall–Kier alpha value is -3.09. The zero-order chi connectivity index (χ0) is 15.9. The third-order valence-electron chi connectivity index (χ3n) is 2.84. The molecule has 2 rings (SSSR count). The van der Waals surface area contributed by atoms with Gasteiger partial charge in [0.1, 0.15) is 0 Å². The molecule has 0 unspecified atom stereocenters. The van der Waals surface area contributed by atoms with Gasteiger partial charge in [0.2, 0.25) is 0 Å². The Morgan fingerprint density at radius 1 is 0.909 bits per heavy atom. The highest BCUT2D eigenvalue weighted by Gasteiger charge is 2.15. The summed E-state index contributed by atoms with van der Waals surface area (Å²) in [4.78, 5) is 34.5. The van der Waals surface area contributed by atoms with Crippen molar-refractivity contribution in [3.63, 3.8) is 0 Å². The zero-order valence-corrected chi connectivity index (χ0v) is 11.5. The maximum Gasteiger partial charge on any atom is 0.336 e. The summed E-state index contributed by atoms with van der Waals surface area (Å²) < 4.78 is 4.92. The quantitative estimate of drug-likeness (QED) is 0.693. The largest absolute Gasteiger partial charge is 0.478 e. The first-order valence-corrected chi connectivity index (χ1v) is 6.52. The lowest BCUT2D eigenvalue weighted by Gasteiger charge is -2.08. The van der Waals surface area contributed by atoms with Crippen molar-refractivity contribution >= 4 is 17.8 Å². The lowest BCUT2D eigenvalue weighted by atomic mass is 10.1. The van der Waals surface area contributed by atoms with Crippen LogP contribution in [0.25, 0.3) is 0 Å². The van der Waals surface area contributed by atoms with E-state index in [9.17, 15) is 14.4 Å². The molecule has 0 radical (unpaired) electrons. The lowest BCUT2D eigenvalue weighted by molar-refractivity contribution is 0.0691. The van der Waals surface area contributed by atoms with Crippen molar-refractivity contribution in [3.8, 4) is 0 Å². The second kappa shape index (κ2) is 7.07. The molecule has 1 aromatic carbocycles. The van der Waals surface area contributed by atoms with Crippen molar-refractivity contribution in [2.24, 2.45) is 0 Å². The Bertz CT molecular complexity index is 679. The fourth-order valence-corrected chi connectivity index (χ4v) is 1.81. The number of rotatable bonds is 6. The molecule has 114 valence electrons. The molecule has 0 aliphatic heterocycles. The SMILES string of the molecule is O=C(NCCNC(=O)c1ccccc1C(=O)O)c1ccco1. The molecule has 22 heavy (non-hydrogen) atoms. The molecule has 3 N–H and O–H groups in total. The average molecular weight is 302 g/mol. The Morgan fingerprint density at radius 2 is 1.55 bits per heavy atom. The number of carbonyl (C=O) groups is 3. The molecule has 0 atom stereocenters. The lowest BCUT2D eigenvalue weighted by Crippen LogP contribution is -2.35. The van der Waals surface area contributed by atoms with E-state index in [1.165, 1.54) is 24.5 Å². The summed E-state index contributed by atoms with van der Waals surface area (Å²) in [5.74, 6) is -1.88. The first-order valence-electron chi connectivity index (χ1n) is 6.52. The van der Waals surface area contributed by atoms with Crippen molar-refractivity contribution in [1.29, 1.82) is 0 Å². The maximum atomic E-state index is 11.9. The minimum absolute atomic E-state index is 0.0698. The number of benzene rings is 1. The van der Waals surface area contributed by atoms with Gasteiger partial charge in [0.15, 0.2) is 5.76 Å². The molecular formula is C15H14N2O5. The molecule has 7 heteroatoms. The number of hydrogen-bond acceptors (Lipinski definition) is 4. The zero-order valence-electron chi connectivity index (χ0n) is 11.5. The van der Waals surface area contributed by atoms with Crippen LogP contribution < -0.4 is 10.6 Å². The highest BCUT2D eigenvalue weighted by atomic mass is 16.4. The molecule has 1 aromatic heterocycles. The first-order chi connectivity index (χ1) is 10.6. The van der Waals surface area contributed by atoms with Crippen molar-refractivity contribution in [2.75, 3.05) is 13.1 Å². The average Bonchev–Trinajstić information content (AvgIpc) is 3.05. The standard InChI is InChI=1S/C15H14N2O5/c18-13(10-4-1-2-5-11(10)15(20)21)16-7-8-17-14(19)12-6-3-9-22-12/h1-6,9H,7-8H2,(H,16,18)(H,17,19)(H,20,21). The highest BCUT2D eigenvalue weighted by Crippen LogP contribution is 2.08. The Balaban J connectivity index is 1.84. The minimum atomic E-state index is -1.17. The van der Waals surface area contributed by atoms with E-state index in [1.807, 2.05) is 0 Å². The summed E-state index contributed by atoms with van der Waals surface area (Å²) >= 11 is 0. The Labute approximate surface area is 125 Å². The fraction of sp³-hybridized carbons (Fsp3) is 0.133. The van der Waals surface area contributed by atoms with E-state index in [2.05, 4.69) is 10.6 Å². The van der Waals surface area contributed by atoms with Crippen molar-refractivity contribution < 1.29 is 23.9 Å². The van der Waals surface area contributed by atoms with Gasteiger partial charge < -0.3 is 20.2 Å². The van der Waals surface area contributed by atoms with Gasteiger partial charge in [-0.1, -0.05) is 12.1 Å². The number of aromatic carboxylic acids is 1. The number of amides is 2.